The highest BCUT2D eigenvalue weighted by molar-refractivity contribution is 6.20. The van der Waals surface area contributed by atoms with Crippen LogP contribution in [-0.2, 0) is 11.2 Å². The summed E-state index contributed by atoms with van der Waals surface area (Å²) in [7, 11) is 0. The van der Waals surface area contributed by atoms with Gasteiger partial charge in [-0.15, -0.1) is 11.6 Å². The molecule has 30 heavy (non-hydrogen) atoms. The van der Waals surface area contributed by atoms with Crippen molar-refractivity contribution in [3.05, 3.63) is 78.8 Å². The molecule has 4 nitrogen and oxygen atoms in total. The molecule has 1 N–H and O–H groups in total. The Bertz CT molecular complexity index is 1140. The molecular weight excluding hydrogens is 394 g/mol. The summed E-state index contributed by atoms with van der Waals surface area (Å²) in [5, 5.41) is 1.20. The molecule has 1 aliphatic heterocycles. The molecule has 0 spiro atoms. The van der Waals surface area contributed by atoms with Crippen molar-refractivity contribution in [2.45, 2.75) is 11.9 Å². The number of alkyl halides is 1. The molecule has 2 aromatic heterocycles. The van der Waals surface area contributed by atoms with E-state index in [1.54, 1.807) is 0 Å². The van der Waals surface area contributed by atoms with Crippen LogP contribution in [0.5, 0.6) is 0 Å². The van der Waals surface area contributed by atoms with Gasteiger partial charge in [0.1, 0.15) is 0 Å². The van der Waals surface area contributed by atoms with E-state index in [-0.39, 0.29) is 5.50 Å². The maximum absolute atomic E-state index is 6.72. The lowest BCUT2D eigenvalue weighted by Crippen LogP contribution is -2.41. The molecule has 2 aromatic carbocycles. The molecule has 0 saturated carbocycles. The number of fused-ring (bicyclic) bond motifs is 1. The summed E-state index contributed by atoms with van der Waals surface area (Å²) in [5.74, 6) is 0. The third kappa shape index (κ3) is 3.99. The van der Waals surface area contributed by atoms with Gasteiger partial charge in [0.05, 0.1) is 18.7 Å². The van der Waals surface area contributed by atoms with E-state index in [1.807, 2.05) is 18.5 Å². The van der Waals surface area contributed by atoms with Crippen LogP contribution < -0.4 is 0 Å². The van der Waals surface area contributed by atoms with Crippen LogP contribution in [-0.4, -0.2) is 46.7 Å². The van der Waals surface area contributed by atoms with Crippen LogP contribution in [0.25, 0.3) is 33.2 Å². The van der Waals surface area contributed by atoms with E-state index in [0.717, 1.165) is 54.9 Å². The van der Waals surface area contributed by atoms with Gasteiger partial charge in [-0.05, 0) is 29.3 Å². The number of hydrogen-bond acceptors (Lipinski definition) is 3. The van der Waals surface area contributed by atoms with Gasteiger partial charge in [-0.3, -0.25) is 9.88 Å². The van der Waals surface area contributed by atoms with Gasteiger partial charge in [-0.2, -0.15) is 0 Å². The molecule has 5 heteroatoms. The molecule has 1 unspecified atom stereocenters. The molecule has 1 aliphatic rings. The molecule has 1 fully saturated rings. The Balaban J connectivity index is 1.45. The van der Waals surface area contributed by atoms with Gasteiger partial charge >= 0.3 is 0 Å². The number of halogens is 1. The monoisotopic (exact) mass is 417 g/mol. The van der Waals surface area contributed by atoms with E-state index in [4.69, 9.17) is 16.3 Å². The molecule has 152 valence electrons. The summed E-state index contributed by atoms with van der Waals surface area (Å²) in [6.45, 7) is 3.30. The fourth-order valence-electron chi connectivity index (χ4n) is 4.09. The van der Waals surface area contributed by atoms with Gasteiger partial charge in [0.25, 0.3) is 0 Å². The van der Waals surface area contributed by atoms with Gasteiger partial charge < -0.3 is 9.72 Å². The lowest BCUT2D eigenvalue weighted by atomic mass is 10.00. The summed E-state index contributed by atoms with van der Waals surface area (Å²) >= 11 is 6.72. The van der Waals surface area contributed by atoms with Crippen LogP contribution in [0, 0.1) is 0 Å². The first-order valence-electron chi connectivity index (χ1n) is 10.3. The van der Waals surface area contributed by atoms with E-state index < -0.39 is 0 Å². The predicted octanol–water partition coefficient (Wildman–Crippen LogP) is 5.34. The fraction of sp³-hybridized carbons (Fsp3) is 0.240. The smallest absolute Gasteiger partial charge is 0.0892 e. The van der Waals surface area contributed by atoms with E-state index >= 15 is 0 Å². The van der Waals surface area contributed by atoms with Crippen LogP contribution in [0.3, 0.4) is 0 Å². The minimum atomic E-state index is -0.0168. The summed E-state index contributed by atoms with van der Waals surface area (Å²) in [5.41, 5.74) is 6.90. The van der Waals surface area contributed by atoms with Crippen molar-refractivity contribution in [1.82, 2.24) is 14.9 Å². The van der Waals surface area contributed by atoms with Gasteiger partial charge in [0, 0.05) is 65.7 Å². The second-order valence-electron chi connectivity index (χ2n) is 7.70. The number of pyridine rings is 1. The van der Waals surface area contributed by atoms with Crippen LogP contribution in [0.1, 0.15) is 5.56 Å². The van der Waals surface area contributed by atoms with E-state index in [2.05, 4.69) is 69.6 Å². The zero-order valence-corrected chi connectivity index (χ0v) is 17.5. The Morgan fingerprint density at radius 2 is 1.77 bits per heavy atom. The molecule has 0 radical (unpaired) electrons. The third-order valence-corrected chi connectivity index (χ3v) is 6.18. The summed E-state index contributed by atoms with van der Waals surface area (Å²) in [6, 6.07) is 19.1. The Morgan fingerprint density at radius 1 is 0.967 bits per heavy atom. The van der Waals surface area contributed by atoms with Crippen LogP contribution in [0.2, 0.25) is 0 Å². The van der Waals surface area contributed by atoms with Crippen molar-refractivity contribution in [3.8, 4) is 22.3 Å². The molecule has 0 aliphatic carbocycles. The van der Waals surface area contributed by atoms with Crippen molar-refractivity contribution in [1.29, 1.82) is 0 Å². The van der Waals surface area contributed by atoms with Crippen molar-refractivity contribution >= 4 is 22.5 Å². The highest BCUT2D eigenvalue weighted by atomic mass is 35.5. The number of nitrogens with one attached hydrogen (secondary N) is 1. The number of hydrogen-bond donors (Lipinski definition) is 1. The number of morpholine rings is 1. The number of nitrogens with zero attached hydrogens (tertiary/aromatic N) is 2. The Labute approximate surface area is 181 Å². The molecule has 4 aromatic rings. The standard InChI is InChI=1S/C25H24ClN3O/c26-25(29-8-10-30-11-9-29)13-18-6-7-24-22(12-18)23(17-28-24)21-14-20(15-27-16-21)19-4-2-1-3-5-19/h1-7,12,14-17,25,28H,8-11,13H2. The summed E-state index contributed by atoms with van der Waals surface area (Å²) < 4.78 is 5.44. The van der Waals surface area contributed by atoms with Crippen LogP contribution >= 0.6 is 11.6 Å². The number of benzene rings is 2. The first kappa shape index (κ1) is 19.3. The van der Waals surface area contributed by atoms with E-state index in [9.17, 15) is 0 Å². The molecular formula is C25H24ClN3O. The van der Waals surface area contributed by atoms with Crippen molar-refractivity contribution < 1.29 is 4.74 Å². The largest absolute Gasteiger partial charge is 0.379 e. The average molecular weight is 418 g/mol. The number of H-pyrrole nitrogens is 1. The summed E-state index contributed by atoms with van der Waals surface area (Å²) in [4.78, 5) is 10.2. The van der Waals surface area contributed by atoms with Crippen molar-refractivity contribution in [2.24, 2.45) is 0 Å². The highest BCUT2D eigenvalue weighted by Gasteiger charge is 2.19. The lowest BCUT2D eigenvalue weighted by Gasteiger charge is -2.30. The maximum Gasteiger partial charge on any atom is 0.0892 e. The van der Waals surface area contributed by atoms with Gasteiger partial charge in [0.2, 0.25) is 0 Å². The molecule has 3 heterocycles. The summed E-state index contributed by atoms with van der Waals surface area (Å²) in [6.07, 6.45) is 6.73. The van der Waals surface area contributed by atoms with Crippen LogP contribution in [0.15, 0.2) is 73.2 Å². The van der Waals surface area contributed by atoms with Crippen LogP contribution in [0.4, 0.5) is 0 Å². The average Bonchev–Trinajstić information content (AvgIpc) is 3.24. The number of ether oxygens (including phenoxy) is 1. The van der Waals surface area contributed by atoms with E-state index in [0.29, 0.717) is 0 Å². The molecule has 1 atom stereocenters. The minimum absolute atomic E-state index is 0.0168. The Morgan fingerprint density at radius 3 is 2.60 bits per heavy atom. The second kappa shape index (κ2) is 8.60. The molecule has 1 saturated heterocycles. The lowest BCUT2D eigenvalue weighted by molar-refractivity contribution is 0.0314. The topological polar surface area (TPSA) is 41.2 Å². The third-order valence-electron chi connectivity index (χ3n) is 5.75. The first-order valence-corrected chi connectivity index (χ1v) is 10.8. The molecule has 5 rings (SSSR count). The fourth-order valence-corrected chi connectivity index (χ4v) is 4.46. The maximum atomic E-state index is 6.72. The number of aromatic amines is 1. The number of aromatic nitrogens is 2. The van der Waals surface area contributed by atoms with Gasteiger partial charge in [-0.25, -0.2) is 0 Å². The van der Waals surface area contributed by atoms with Crippen molar-refractivity contribution in [2.75, 3.05) is 26.3 Å². The van der Waals surface area contributed by atoms with Gasteiger partial charge in [-0.1, -0.05) is 36.4 Å². The highest BCUT2D eigenvalue weighted by Crippen LogP contribution is 2.32. The molecule has 0 bridgehead atoms. The molecule has 0 amide bonds. The Kier molecular flexibility index (Phi) is 5.54. The normalized spacial score (nSPS) is 16.0. The number of rotatable bonds is 5. The SMILES string of the molecule is ClC(Cc1ccc2[nH]cc(-c3cncc(-c4ccccc4)c3)c2c1)N1CCOCC1. The zero-order valence-electron chi connectivity index (χ0n) is 16.7. The second-order valence-corrected chi connectivity index (χ2v) is 8.20. The first-order chi connectivity index (χ1) is 14.8. The zero-order chi connectivity index (χ0) is 20.3. The Hall–Kier alpha value is -2.66. The quantitative estimate of drug-likeness (QED) is 0.352. The van der Waals surface area contributed by atoms with E-state index in [1.165, 1.54) is 16.5 Å². The predicted molar refractivity (Wildman–Crippen MR) is 123 cm³/mol. The van der Waals surface area contributed by atoms with Gasteiger partial charge in [0.15, 0.2) is 0 Å². The minimum Gasteiger partial charge on any atom is -0.379 e. The van der Waals surface area contributed by atoms with Crippen molar-refractivity contribution in [3.63, 3.8) is 0 Å².